The summed E-state index contributed by atoms with van der Waals surface area (Å²) >= 11 is 0. The molecule has 2 N–H and O–H groups in total. The highest BCUT2D eigenvalue weighted by Gasteiger charge is 2.39. The summed E-state index contributed by atoms with van der Waals surface area (Å²) in [6, 6.07) is 0. The van der Waals surface area contributed by atoms with Gasteiger partial charge in [0.05, 0.1) is 26.4 Å². The number of rotatable bonds is 22. The molecule has 0 aliphatic heterocycles. The van der Waals surface area contributed by atoms with Crippen LogP contribution >= 0.6 is 0 Å². The van der Waals surface area contributed by atoms with Crippen LogP contribution in [0.2, 0.25) is 0 Å². The van der Waals surface area contributed by atoms with Gasteiger partial charge in [0.2, 0.25) is 11.8 Å². The molecule has 0 rings (SSSR count). The van der Waals surface area contributed by atoms with Crippen molar-refractivity contribution in [1.82, 2.24) is 15.5 Å². The largest absolute Gasteiger partial charge is 0.379 e. The van der Waals surface area contributed by atoms with Gasteiger partial charge in [-0.05, 0) is 48.1 Å². The number of carbonyl (C=O) groups excluding carboxylic acids is 3. The number of allylic oxidation sites excluding steroid dienone is 1. The zero-order valence-electron chi connectivity index (χ0n) is 26.0. The quantitative estimate of drug-likeness (QED) is 0.119. The first kappa shape index (κ1) is 37.2. The fourth-order valence-electron chi connectivity index (χ4n) is 4.09. The first-order chi connectivity index (χ1) is 18.2. The lowest BCUT2D eigenvalue weighted by atomic mass is 9.61. The minimum absolute atomic E-state index is 0.128. The molecule has 39 heavy (non-hydrogen) atoms. The molecule has 0 saturated carbocycles. The second-order valence-electron chi connectivity index (χ2n) is 12.6. The summed E-state index contributed by atoms with van der Waals surface area (Å²) in [5, 5.41) is 6.45. The van der Waals surface area contributed by atoms with Crippen molar-refractivity contribution >= 4 is 18.1 Å². The number of carbonyl (C=O) groups is 3. The van der Waals surface area contributed by atoms with Gasteiger partial charge in [0, 0.05) is 52.4 Å². The first-order valence-corrected chi connectivity index (χ1v) is 14.3. The van der Waals surface area contributed by atoms with Crippen LogP contribution in [0.3, 0.4) is 0 Å². The number of hydrogen-bond acceptors (Lipinski definition) is 7. The topological polar surface area (TPSA) is 106 Å². The zero-order chi connectivity index (χ0) is 29.8. The van der Waals surface area contributed by atoms with Crippen molar-refractivity contribution < 1.29 is 28.6 Å². The molecule has 2 amide bonds. The van der Waals surface area contributed by atoms with E-state index in [1.54, 1.807) is 7.05 Å². The molecule has 0 aliphatic carbocycles. The number of likely N-dealkylation sites (N-methyl/N-ethyl adjacent to an activating group) is 1. The summed E-state index contributed by atoms with van der Waals surface area (Å²) in [6.07, 6.45) is 5.91. The van der Waals surface area contributed by atoms with E-state index in [2.05, 4.69) is 59.1 Å². The average molecular weight is 556 g/mol. The highest BCUT2D eigenvalue weighted by molar-refractivity contribution is 5.91. The molecule has 0 aliphatic rings. The number of hydrogen-bond donors (Lipinski definition) is 2. The fraction of sp³-hybridized carbons (Fsp3) is 0.833. The third-order valence-corrected chi connectivity index (χ3v) is 6.79. The van der Waals surface area contributed by atoms with Crippen LogP contribution in [0.15, 0.2) is 12.2 Å². The summed E-state index contributed by atoms with van der Waals surface area (Å²) < 4.78 is 16.7. The SMILES string of the molecule is CN(CCC(=O)NCCCOCCOCCOCCCNCC(C)(CC(C)(C)C)C(C)(C)C)C(=O)/C=C\C=O. The van der Waals surface area contributed by atoms with Gasteiger partial charge in [-0.15, -0.1) is 0 Å². The molecular formula is C30H57N3O6. The fourth-order valence-corrected chi connectivity index (χ4v) is 4.09. The lowest BCUT2D eigenvalue weighted by molar-refractivity contribution is -0.126. The molecule has 9 nitrogen and oxygen atoms in total. The third kappa shape index (κ3) is 19.8. The van der Waals surface area contributed by atoms with Gasteiger partial charge in [0.25, 0.3) is 0 Å². The lowest BCUT2D eigenvalue weighted by Gasteiger charge is -2.46. The minimum atomic E-state index is -0.310. The van der Waals surface area contributed by atoms with Crippen molar-refractivity contribution in [2.45, 2.75) is 74.1 Å². The van der Waals surface area contributed by atoms with Gasteiger partial charge >= 0.3 is 0 Å². The highest BCUT2D eigenvalue weighted by Crippen LogP contribution is 2.45. The van der Waals surface area contributed by atoms with Crippen molar-refractivity contribution in [3.63, 3.8) is 0 Å². The Balaban J connectivity index is 3.62. The van der Waals surface area contributed by atoms with Crippen LogP contribution in [0.4, 0.5) is 0 Å². The number of amides is 2. The molecule has 0 spiro atoms. The van der Waals surface area contributed by atoms with Crippen molar-refractivity contribution in [3.05, 3.63) is 12.2 Å². The molecule has 0 fully saturated rings. The second kappa shape index (κ2) is 20.1. The third-order valence-electron chi connectivity index (χ3n) is 6.79. The van der Waals surface area contributed by atoms with Gasteiger partial charge in [-0.3, -0.25) is 14.4 Å². The van der Waals surface area contributed by atoms with Crippen molar-refractivity contribution in [2.75, 3.05) is 72.9 Å². The zero-order valence-corrected chi connectivity index (χ0v) is 26.0. The summed E-state index contributed by atoms with van der Waals surface area (Å²) in [6.45, 7) is 22.5. The Kier molecular flexibility index (Phi) is 19.2. The monoisotopic (exact) mass is 555 g/mol. The van der Waals surface area contributed by atoms with Crippen LogP contribution in [0, 0.1) is 16.2 Å². The van der Waals surface area contributed by atoms with E-state index in [-0.39, 0.29) is 35.6 Å². The van der Waals surface area contributed by atoms with E-state index in [4.69, 9.17) is 14.2 Å². The second-order valence-corrected chi connectivity index (χ2v) is 12.6. The molecular weight excluding hydrogens is 498 g/mol. The standard InChI is InChI=1S/C30H57N3O6/c1-28(2,3)24-30(7,29(4,5)6)25-31-14-10-18-37-20-22-39-23-21-38-19-11-15-32-26(35)13-16-33(8)27(36)12-9-17-34/h9,12,17,31H,10-11,13-16,18-25H2,1-8H3,(H,32,35)/b12-9-. The van der Waals surface area contributed by atoms with Crippen LogP contribution in [0.1, 0.15) is 74.1 Å². The molecule has 0 bridgehead atoms. The van der Waals surface area contributed by atoms with Crippen molar-refractivity contribution in [2.24, 2.45) is 16.2 Å². The maximum absolute atomic E-state index is 11.8. The molecule has 0 aromatic rings. The molecule has 1 unspecified atom stereocenters. The molecule has 9 heteroatoms. The molecule has 228 valence electrons. The van der Waals surface area contributed by atoms with Gasteiger partial charge in [-0.1, -0.05) is 48.5 Å². The van der Waals surface area contributed by atoms with Crippen molar-refractivity contribution in [3.8, 4) is 0 Å². The van der Waals surface area contributed by atoms with Crippen LogP contribution in [-0.4, -0.2) is 95.9 Å². The predicted molar refractivity (Wildman–Crippen MR) is 157 cm³/mol. The Hall–Kier alpha value is -1.81. The highest BCUT2D eigenvalue weighted by atomic mass is 16.5. The predicted octanol–water partition coefficient (Wildman–Crippen LogP) is 3.61. The molecule has 0 aromatic carbocycles. The van der Waals surface area contributed by atoms with Crippen LogP contribution in [0.25, 0.3) is 0 Å². The maximum Gasteiger partial charge on any atom is 0.246 e. The Labute approximate surface area is 237 Å². The summed E-state index contributed by atoms with van der Waals surface area (Å²) in [4.78, 5) is 35.1. The van der Waals surface area contributed by atoms with E-state index in [1.165, 1.54) is 17.4 Å². The van der Waals surface area contributed by atoms with Crippen LogP contribution in [0.5, 0.6) is 0 Å². The van der Waals surface area contributed by atoms with Gasteiger partial charge < -0.3 is 29.7 Å². The van der Waals surface area contributed by atoms with E-state index in [0.29, 0.717) is 64.3 Å². The van der Waals surface area contributed by atoms with Crippen LogP contribution < -0.4 is 10.6 Å². The van der Waals surface area contributed by atoms with E-state index < -0.39 is 0 Å². The molecule has 0 aromatic heterocycles. The summed E-state index contributed by atoms with van der Waals surface area (Å²) in [7, 11) is 1.59. The minimum Gasteiger partial charge on any atom is -0.379 e. The van der Waals surface area contributed by atoms with Crippen LogP contribution in [-0.2, 0) is 28.6 Å². The van der Waals surface area contributed by atoms with Gasteiger partial charge in [-0.2, -0.15) is 0 Å². The average Bonchev–Trinajstić information content (AvgIpc) is 2.83. The smallest absolute Gasteiger partial charge is 0.246 e. The van der Waals surface area contributed by atoms with Gasteiger partial charge in [0.1, 0.15) is 6.29 Å². The Morgan fingerprint density at radius 3 is 1.87 bits per heavy atom. The molecule has 0 saturated heterocycles. The lowest BCUT2D eigenvalue weighted by Crippen LogP contribution is -2.44. The van der Waals surface area contributed by atoms with E-state index in [1.807, 2.05) is 0 Å². The van der Waals surface area contributed by atoms with Crippen molar-refractivity contribution in [1.29, 1.82) is 0 Å². The molecule has 0 heterocycles. The van der Waals surface area contributed by atoms with E-state index in [9.17, 15) is 14.4 Å². The van der Waals surface area contributed by atoms with Gasteiger partial charge in [0.15, 0.2) is 0 Å². The number of nitrogens with zero attached hydrogens (tertiary/aromatic N) is 1. The van der Waals surface area contributed by atoms with Gasteiger partial charge in [-0.25, -0.2) is 0 Å². The Morgan fingerprint density at radius 1 is 0.821 bits per heavy atom. The molecule has 0 radical (unpaired) electrons. The maximum atomic E-state index is 11.8. The van der Waals surface area contributed by atoms with E-state index in [0.717, 1.165) is 25.6 Å². The summed E-state index contributed by atoms with van der Waals surface area (Å²) in [5.74, 6) is -0.437. The van der Waals surface area contributed by atoms with E-state index >= 15 is 0 Å². The number of aldehydes is 1. The molecule has 1 atom stereocenters. The summed E-state index contributed by atoms with van der Waals surface area (Å²) in [5.41, 5.74) is 0.766. The number of ether oxygens (including phenoxy) is 3. The Bertz CT molecular complexity index is 714. The first-order valence-electron chi connectivity index (χ1n) is 14.3. The normalized spacial score (nSPS) is 13.8. The Morgan fingerprint density at radius 2 is 1.36 bits per heavy atom. The number of nitrogens with one attached hydrogen (secondary N) is 2.